The molecular formula is C20H16ClN3O4S. The first kappa shape index (κ1) is 20.5. The molecule has 3 aromatic rings. The van der Waals surface area contributed by atoms with Gasteiger partial charge in [0.15, 0.2) is 11.7 Å². The molecule has 1 heterocycles. The largest absolute Gasteiger partial charge is 0.497 e. The smallest absolute Gasteiger partial charge is 0.264 e. The van der Waals surface area contributed by atoms with Crippen LogP contribution in [0.25, 0.3) is 11.3 Å². The topological polar surface area (TPSA) is 93.5 Å². The van der Waals surface area contributed by atoms with E-state index >= 15 is 0 Å². The van der Waals surface area contributed by atoms with E-state index in [1.54, 1.807) is 38.5 Å². The number of nitriles is 1. The van der Waals surface area contributed by atoms with Gasteiger partial charge in [0, 0.05) is 10.9 Å². The number of amides is 1. The lowest BCUT2D eigenvalue weighted by atomic mass is 10.1. The number of halogens is 1. The average Bonchev–Trinajstić information content (AvgIpc) is 3.20. The van der Waals surface area contributed by atoms with Crippen LogP contribution in [-0.4, -0.2) is 31.7 Å². The lowest BCUT2D eigenvalue weighted by Crippen LogP contribution is -2.20. The van der Waals surface area contributed by atoms with E-state index in [1.807, 2.05) is 17.5 Å². The summed E-state index contributed by atoms with van der Waals surface area (Å²) < 4.78 is 16.0. The minimum atomic E-state index is -0.385. The predicted octanol–water partition coefficient (Wildman–Crippen LogP) is 4.37. The summed E-state index contributed by atoms with van der Waals surface area (Å²) in [6.45, 7) is -0.247. The van der Waals surface area contributed by atoms with Gasteiger partial charge in [0.1, 0.15) is 17.2 Å². The van der Waals surface area contributed by atoms with E-state index in [0.717, 1.165) is 5.56 Å². The fourth-order valence-electron chi connectivity index (χ4n) is 2.46. The van der Waals surface area contributed by atoms with Crippen LogP contribution in [0.2, 0.25) is 5.02 Å². The molecule has 3 rings (SSSR count). The number of carbonyl (C=O) groups is 1. The number of anilines is 1. The van der Waals surface area contributed by atoms with Gasteiger partial charge in [-0.3, -0.25) is 10.1 Å². The summed E-state index contributed by atoms with van der Waals surface area (Å²) in [5.41, 5.74) is 1.82. The molecule has 0 spiro atoms. The molecule has 0 radical (unpaired) electrons. The number of aromatic nitrogens is 1. The molecule has 0 aliphatic heterocycles. The number of rotatable bonds is 7. The van der Waals surface area contributed by atoms with Crippen molar-refractivity contribution in [3.8, 4) is 34.6 Å². The van der Waals surface area contributed by atoms with Crippen LogP contribution in [0.4, 0.5) is 5.13 Å². The Balaban J connectivity index is 1.66. The fourth-order valence-corrected chi connectivity index (χ4v) is 3.42. The van der Waals surface area contributed by atoms with E-state index in [9.17, 15) is 4.79 Å². The Kier molecular flexibility index (Phi) is 6.54. The first-order valence-corrected chi connectivity index (χ1v) is 9.60. The summed E-state index contributed by atoms with van der Waals surface area (Å²) in [4.78, 5) is 16.6. The van der Waals surface area contributed by atoms with Crippen molar-refractivity contribution in [2.24, 2.45) is 0 Å². The summed E-state index contributed by atoms with van der Waals surface area (Å²) in [6.07, 6.45) is 0. The normalized spacial score (nSPS) is 10.1. The standard InChI is InChI=1S/C20H16ClN3O4S/c1-26-13-4-6-17(27-2)14(8-13)16-11-29-20(23-16)24-19(25)10-28-18-5-3-12(9-22)7-15(18)21/h3-8,11H,10H2,1-2H3,(H,23,24,25). The molecule has 148 valence electrons. The van der Waals surface area contributed by atoms with Gasteiger partial charge in [-0.25, -0.2) is 4.98 Å². The second kappa shape index (κ2) is 9.28. The average molecular weight is 430 g/mol. The highest BCUT2D eigenvalue weighted by atomic mass is 35.5. The Hall–Kier alpha value is -3.28. The maximum atomic E-state index is 12.2. The Morgan fingerprint density at radius 1 is 1.21 bits per heavy atom. The van der Waals surface area contributed by atoms with Gasteiger partial charge in [-0.2, -0.15) is 5.26 Å². The first-order chi connectivity index (χ1) is 14.0. The lowest BCUT2D eigenvalue weighted by Gasteiger charge is -2.09. The van der Waals surface area contributed by atoms with Crippen LogP contribution in [0.3, 0.4) is 0 Å². The third-order valence-corrected chi connectivity index (χ3v) is 4.91. The predicted molar refractivity (Wildman–Crippen MR) is 111 cm³/mol. The fraction of sp³-hybridized carbons (Fsp3) is 0.150. The van der Waals surface area contributed by atoms with Crippen LogP contribution < -0.4 is 19.5 Å². The number of nitrogens with one attached hydrogen (secondary N) is 1. The van der Waals surface area contributed by atoms with Gasteiger partial charge in [0.25, 0.3) is 5.91 Å². The van der Waals surface area contributed by atoms with Gasteiger partial charge in [0.2, 0.25) is 0 Å². The van der Waals surface area contributed by atoms with Gasteiger partial charge < -0.3 is 14.2 Å². The Morgan fingerprint density at radius 3 is 2.69 bits per heavy atom. The third-order valence-electron chi connectivity index (χ3n) is 3.85. The SMILES string of the molecule is COc1ccc(OC)c(-c2csc(NC(=O)COc3ccc(C#N)cc3Cl)n2)c1. The van der Waals surface area contributed by atoms with E-state index in [1.165, 1.54) is 17.4 Å². The Labute approximate surface area is 176 Å². The van der Waals surface area contributed by atoms with E-state index in [2.05, 4.69) is 10.3 Å². The lowest BCUT2D eigenvalue weighted by molar-refractivity contribution is -0.118. The van der Waals surface area contributed by atoms with Gasteiger partial charge >= 0.3 is 0 Å². The van der Waals surface area contributed by atoms with E-state index < -0.39 is 0 Å². The molecule has 2 aromatic carbocycles. The second-order valence-electron chi connectivity index (χ2n) is 5.70. The molecule has 9 heteroatoms. The number of benzene rings is 2. The zero-order valence-electron chi connectivity index (χ0n) is 15.6. The van der Waals surface area contributed by atoms with E-state index in [-0.39, 0.29) is 17.5 Å². The minimum absolute atomic E-state index is 0.247. The molecule has 0 unspecified atom stereocenters. The van der Waals surface area contributed by atoms with Crippen LogP contribution in [0.5, 0.6) is 17.2 Å². The third kappa shape index (κ3) is 4.96. The van der Waals surface area contributed by atoms with E-state index in [0.29, 0.717) is 33.6 Å². The quantitative estimate of drug-likeness (QED) is 0.599. The molecular weight excluding hydrogens is 414 g/mol. The number of hydrogen-bond acceptors (Lipinski definition) is 7. The van der Waals surface area contributed by atoms with Crippen LogP contribution in [0, 0.1) is 11.3 Å². The van der Waals surface area contributed by atoms with Crippen LogP contribution in [-0.2, 0) is 4.79 Å². The van der Waals surface area contributed by atoms with Crippen molar-refractivity contribution in [3.63, 3.8) is 0 Å². The van der Waals surface area contributed by atoms with Crippen molar-refractivity contribution in [1.82, 2.24) is 4.98 Å². The van der Waals surface area contributed by atoms with E-state index in [4.69, 9.17) is 31.1 Å². The van der Waals surface area contributed by atoms with Crippen molar-refractivity contribution in [2.45, 2.75) is 0 Å². The summed E-state index contributed by atoms with van der Waals surface area (Å²) in [6, 6.07) is 12.0. The number of methoxy groups -OCH3 is 2. The summed E-state index contributed by atoms with van der Waals surface area (Å²) in [5.74, 6) is 1.26. The molecule has 0 bridgehead atoms. The summed E-state index contributed by atoms with van der Waals surface area (Å²) in [5, 5.41) is 14.0. The number of ether oxygens (including phenoxy) is 3. The molecule has 1 N–H and O–H groups in total. The Morgan fingerprint density at radius 2 is 2.00 bits per heavy atom. The van der Waals surface area contributed by atoms with Crippen molar-refractivity contribution in [3.05, 3.63) is 52.4 Å². The zero-order valence-corrected chi connectivity index (χ0v) is 17.1. The molecule has 0 aliphatic carbocycles. The van der Waals surface area contributed by atoms with Gasteiger partial charge in [0.05, 0.1) is 36.6 Å². The highest BCUT2D eigenvalue weighted by molar-refractivity contribution is 7.14. The molecule has 0 atom stereocenters. The zero-order chi connectivity index (χ0) is 20.8. The van der Waals surface area contributed by atoms with Crippen molar-refractivity contribution >= 4 is 34.0 Å². The summed E-state index contributed by atoms with van der Waals surface area (Å²) in [7, 11) is 3.16. The molecule has 1 amide bonds. The highest BCUT2D eigenvalue weighted by Crippen LogP contribution is 2.35. The van der Waals surface area contributed by atoms with Crippen LogP contribution in [0.1, 0.15) is 5.56 Å². The molecule has 0 saturated carbocycles. The summed E-state index contributed by atoms with van der Waals surface area (Å²) >= 11 is 7.31. The molecule has 7 nitrogen and oxygen atoms in total. The second-order valence-corrected chi connectivity index (χ2v) is 6.96. The maximum absolute atomic E-state index is 12.2. The highest BCUT2D eigenvalue weighted by Gasteiger charge is 2.14. The van der Waals surface area contributed by atoms with Crippen LogP contribution in [0.15, 0.2) is 41.8 Å². The first-order valence-electron chi connectivity index (χ1n) is 8.34. The molecule has 1 aromatic heterocycles. The number of hydrogen-bond donors (Lipinski definition) is 1. The van der Waals surface area contributed by atoms with Crippen molar-refractivity contribution in [1.29, 1.82) is 5.26 Å². The molecule has 0 fully saturated rings. The minimum Gasteiger partial charge on any atom is -0.497 e. The maximum Gasteiger partial charge on any atom is 0.264 e. The van der Waals surface area contributed by atoms with Crippen LogP contribution >= 0.6 is 22.9 Å². The monoisotopic (exact) mass is 429 g/mol. The molecule has 29 heavy (non-hydrogen) atoms. The number of thiazole rings is 1. The number of nitrogens with zero attached hydrogens (tertiary/aromatic N) is 2. The van der Waals surface area contributed by atoms with Crippen molar-refractivity contribution in [2.75, 3.05) is 26.1 Å². The van der Waals surface area contributed by atoms with Crippen molar-refractivity contribution < 1.29 is 19.0 Å². The Bertz CT molecular complexity index is 1080. The number of carbonyl (C=O) groups excluding carboxylic acids is 1. The van der Waals surface area contributed by atoms with Gasteiger partial charge in [-0.1, -0.05) is 11.6 Å². The van der Waals surface area contributed by atoms with Gasteiger partial charge in [-0.15, -0.1) is 11.3 Å². The van der Waals surface area contributed by atoms with Gasteiger partial charge in [-0.05, 0) is 36.4 Å². The molecule has 0 aliphatic rings. The molecule has 0 saturated heterocycles.